The Morgan fingerprint density at radius 1 is 1.21 bits per heavy atom. The van der Waals surface area contributed by atoms with Gasteiger partial charge in [0.25, 0.3) is 0 Å². The van der Waals surface area contributed by atoms with Crippen molar-refractivity contribution < 1.29 is 24.2 Å². The van der Waals surface area contributed by atoms with Gasteiger partial charge >= 0.3 is 5.97 Å². The SMILES string of the molecule is COc1ccc(CNC(=S)NCCC(=O)N(C)C(C(=O)O)C(C)C)c(OC)c1. The third kappa shape index (κ3) is 6.88. The van der Waals surface area contributed by atoms with Crippen LogP contribution >= 0.6 is 12.2 Å². The largest absolute Gasteiger partial charge is 0.497 e. The fourth-order valence-electron chi connectivity index (χ4n) is 2.75. The number of carbonyl (C=O) groups is 2. The second-order valence-corrected chi connectivity index (χ2v) is 6.98. The first-order chi connectivity index (χ1) is 13.2. The lowest BCUT2D eigenvalue weighted by atomic mass is 10.0. The van der Waals surface area contributed by atoms with Crippen LogP contribution in [-0.2, 0) is 16.1 Å². The Morgan fingerprint density at radius 2 is 1.89 bits per heavy atom. The Kier molecular flexibility index (Phi) is 9.50. The summed E-state index contributed by atoms with van der Waals surface area (Å²) in [6.07, 6.45) is 0.140. The number of carbonyl (C=O) groups excluding carboxylic acids is 1. The van der Waals surface area contributed by atoms with E-state index < -0.39 is 12.0 Å². The summed E-state index contributed by atoms with van der Waals surface area (Å²) in [6.45, 7) is 4.29. The number of hydrogen-bond donors (Lipinski definition) is 3. The lowest BCUT2D eigenvalue weighted by Crippen LogP contribution is -2.46. The van der Waals surface area contributed by atoms with Crippen LogP contribution in [0, 0.1) is 5.92 Å². The first-order valence-corrected chi connectivity index (χ1v) is 9.33. The van der Waals surface area contributed by atoms with Crippen molar-refractivity contribution in [1.29, 1.82) is 0 Å². The van der Waals surface area contributed by atoms with Gasteiger partial charge in [0, 0.05) is 38.2 Å². The molecule has 8 nitrogen and oxygen atoms in total. The summed E-state index contributed by atoms with van der Waals surface area (Å²) in [4.78, 5) is 24.8. The first kappa shape index (κ1) is 23.5. The molecule has 1 rings (SSSR count). The fraction of sp³-hybridized carbons (Fsp3) is 0.526. The van der Waals surface area contributed by atoms with E-state index in [1.807, 2.05) is 12.1 Å². The van der Waals surface area contributed by atoms with Gasteiger partial charge in [-0.3, -0.25) is 4.79 Å². The first-order valence-electron chi connectivity index (χ1n) is 8.92. The molecule has 28 heavy (non-hydrogen) atoms. The highest BCUT2D eigenvalue weighted by atomic mass is 32.1. The lowest BCUT2D eigenvalue weighted by Gasteiger charge is -2.27. The van der Waals surface area contributed by atoms with Crippen molar-refractivity contribution in [2.75, 3.05) is 27.8 Å². The minimum Gasteiger partial charge on any atom is -0.497 e. The number of carboxylic acids is 1. The molecule has 0 aromatic heterocycles. The number of rotatable bonds is 10. The van der Waals surface area contributed by atoms with Crippen LogP contribution in [0.4, 0.5) is 0 Å². The van der Waals surface area contributed by atoms with Crippen LogP contribution < -0.4 is 20.1 Å². The smallest absolute Gasteiger partial charge is 0.326 e. The van der Waals surface area contributed by atoms with E-state index in [9.17, 15) is 14.7 Å². The molecule has 156 valence electrons. The van der Waals surface area contributed by atoms with Gasteiger partial charge < -0.3 is 30.1 Å². The zero-order valence-electron chi connectivity index (χ0n) is 16.9. The van der Waals surface area contributed by atoms with Crippen molar-refractivity contribution in [3.05, 3.63) is 23.8 Å². The number of likely N-dealkylation sites (N-methyl/N-ethyl adjacent to an activating group) is 1. The molecule has 9 heteroatoms. The van der Waals surface area contributed by atoms with Gasteiger partial charge in [0.1, 0.15) is 17.5 Å². The Balaban J connectivity index is 2.47. The molecule has 0 saturated heterocycles. The summed E-state index contributed by atoms with van der Waals surface area (Å²) in [5.41, 5.74) is 0.907. The number of carboxylic acid groups (broad SMARTS) is 1. The Morgan fingerprint density at radius 3 is 2.43 bits per heavy atom. The Bertz CT molecular complexity index is 696. The van der Waals surface area contributed by atoms with E-state index in [1.165, 1.54) is 11.9 Å². The van der Waals surface area contributed by atoms with Crippen LogP contribution in [0.1, 0.15) is 25.8 Å². The number of amides is 1. The summed E-state index contributed by atoms with van der Waals surface area (Å²) in [5.74, 6) is -0.0656. The Hall–Kier alpha value is -2.55. The van der Waals surface area contributed by atoms with E-state index >= 15 is 0 Å². The molecular weight excluding hydrogens is 382 g/mol. The van der Waals surface area contributed by atoms with Gasteiger partial charge in [0.2, 0.25) is 5.91 Å². The zero-order chi connectivity index (χ0) is 21.3. The van der Waals surface area contributed by atoms with E-state index in [2.05, 4.69) is 10.6 Å². The maximum Gasteiger partial charge on any atom is 0.326 e. The maximum atomic E-state index is 12.2. The van der Waals surface area contributed by atoms with Gasteiger partial charge in [-0.2, -0.15) is 0 Å². The number of nitrogens with zero attached hydrogens (tertiary/aromatic N) is 1. The molecule has 0 saturated carbocycles. The highest BCUT2D eigenvalue weighted by Crippen LogP contribution is 2.24. The quantitative estimate of drug-likeness (QED) is 0.500. The summed E-state index contributed by atoms with van der Waals surface area (Å²) in [7, 11) is 4.68. The van der Waals surface area contributed by atoms with Gasteiger partial charge in [-0.15, -0.1) is 0 Å². The van der Waals surface area contributed by atoms with Crippen LogP contribution in [0.5, 0.6) is 11.5 Å². The molecule has 1 atom stereocenters. The van der Waals surface area contributed by atoms with Crippen molar-refractivity contribution >= 4 is 29.2 Å². The average molecular weight is 412 g/mol. The summed E-state index contributed by atoms with van der Waals surface area (Å²) >= 11 is 5.23. The fourth-order valence-corrected chi connectivity index (χ4v) is 2.92. The highest BCUT2D eigenvalue weighted by Gasteiger charge is 2.29. The third-order valence-corrected chi connectivity index (χ3v) is 4.54. The topological polar surface area (TPSA) is 100 Å². The lowest BCUT2D eigenvalue weighted by molar-refractivity contribution is -0.150. The number of aliphatic carboxylic acids is 1. The van der Waals surface area contributed by atoms with Crippen molar-refractivity contribution in [3.63, 3.8) is 0 Å². The molecule has 0 spiro atoms. The van der Waals surface area contributed by atoms with Crippen LogP contribution in [0.25, 0.3) is 0 Å². The van der Waals surface area contributed by atoms with Gasteiger partial charge in [0.15, 0.2) is 5.11 Å². The number of hydrogen-bond acceptors (Lipinski definition) is 5. The van der Waals surface area contributed by atoms with E-state index in [1.54, 1.807) is 34.1 Å². The highest BCUT2D eigenvalue weighted by molar-refractivity contribution is 7.80. The van der Waals surface area contributed by atoms with Gasteiger partial charge in [-0.05, 0) is 30.3 Å². The number of benzene rings is 1. The molecule has 3 N–H and O–H groups in total. The number of methoxy groups -OCH3 is 2. The molecule has 0 bridgehead atoms. The zero-order valence-corrected chi connectivity index (χ0v) is 17.8. The standard InChI is InChI=1S/C19H29N3O5S/c1-12(2)17(18(24)25)22(3)16(23)8-9-20-19(28)21-11-13-6-7-14(26-4)10-15(13)27-5/h6-7,10,12,17H,8-9,11H2,1-5H3,(H,24,25)(H2,20,21,28). The molecule has 0 radical (unpaired) electrons. The molecule has 0 aliphatic rings. The van der Waals surface area contributed by atoms with E-state index in [0.717, 1.165) is 5.56 Å². The number of ether oxygens (including phenoxy) is 2. The maximum absolute atomic E-state index is 12.2. The van der Waals surface area contributed by atoms with E-state index in [-0.39, 0.29) is 18.2 Å². The molecule has 0 aliphatic carbocycles. The minimum atomic E-state index is -1.01. The van der Waals surface area contributed by atoms with Crippen LogP contribution in [0.15, 0.2) is 18.2 Å². The van der Waals surface area contributed by atoms with Crippen LogP contribution in [0.3, 0.4) is 0 Å². The molecule has 1 aromatic rings. The predicted octanol–water partition coefficient (Wildman–Crippen LogP) is 1.63. The molecule has 0 heterocycles. The third-order valence-electron chi connectivity index (χ3n) is 4.25. The van der Waals surface area contributed by atoms with Crippen molar-refractivity contribution in [3.8, 4) is 11.5 Å². The summed E-state index contributed by atoms with van der Waals surface area (Å²) < 4.78 is 10.5. The molecule has 0 aliphatic heterocycles. The van der Waals surface area contributed by atoms with E-state index in [0.29, 0.717) is 29.7 Å². The minimum absolute atomic E-state index is 0.140. The van der Waals surface area contributed by atoms with Crippen LogP contribution in [0.2, 0.25) is 0 Å². The average Bonchev–Trinajstić information content (AvgIpc) is 2.65. The molecule has 0 fully saturated rings. The second-order valence-electron chi connectivity index (χ2n) is 6.57. The molecular formula is C19H29N3O5S. The summed E-state index contributed by atoms with van der Waals surface area (Å²) in [6, 6.07) is 4.65. The van der Waals surface area contributed by atoms with Gasteiger partial charge in [-0.25, -0.2) is 4.79 Å². The van der Waals surface area contributed by atoms with Crippen LogP contribution in [-0.4, -0.2) is 60.8 Å². The van der Waals surface area contributed by atoms with Gasteiger partial charge in [0.05, 0.1) is 14.2 Å². The van der Waals surface area contributed by atoms with E-state index in [4.69, 9.17) is 21.7 Å². The summed E-state index contributed by atoms with van der Waals surface area (Å²) in [5, 5.41) is 15.7. The van der Waals surface area contributed by atoms with Gasteiger partial charge in [-0.1, -0.05) is 13.8 Å². The normalized spacial score (nSPS) is 11.5. The predicted molar refractivity (Wildman–Crippen MR) is 111 cm³/mol. The second kappa shape index (κ2) is 11.3. The Labute approximate surface area is 171 Å². The molecule has 1 unspecified atom stereocenters. The monoisotopic (exact) mass is 411 g/mol. The van der Waals surface area contributed by atoms with Crippen molar-refractivity contribution in [2.24, 2.45) is 5.92 Å². The van der Waals surface area contributed by atoms with Crippen molar-refractivity contribution in [1.82, 2.24) is 15.5 Å². The number of thiocarbonyl (C=S) groups is 1. The molecule has 1 amide bonds. The van der Waals surface area contributed by atoms with Crippen molar-refractivity contribution in [2.45, 2.75) is 32.9 Å². The number of nitrogens with one attached hydrogen (secondary N) is 2. The molecule has 1 aromatic carbocycles.